The number of hydrogen-bond acceptors (Lipinski definition) is 6. The highest BCUT2D eigenvalue weighted by Gasteiger charge is 2.36. The number of hydrazone groups is 1. The molecule has 2 heterocycles. The summed E-state index contributed by atoms with van der Waals surface area (Å²) in [5, 5.41) is 7.66. The van der Waals surface area contributed by atoms with E-state index in [1.165, 1.54) is 12.1 Å². The van der Waals surface area contributed by atoms with Crippen molar-refractivity contribution in [2.45, 2.75) is 25.8 Å². The van der Waals surface area contributed by atoms with E-state index in [2.05, 4.69) is 4.98 Å². The Morgan fingerprint density at radius 2 is 1.67 bits per heavy atom. The van der Waals surface area contributed by atoms with Gasteiger partial charge in [-0.2, -0.15) is 5.10 Å². The number of carbonyl (C=O) groups is 1. The molecule has 39 heavy (non-hydrogen) atoms. The largest absolute Gasteiger partial charge is 0.493 e. The quantitative estimate of drug-likeness (QED) is 0.309. The number of carbonyl (C=O) groups excluding carboxylic acids is 1. The molecule has 9 heteroatoms. The Hall–Kier alpha value is -4.30. The molecule has 1 aliphatic rings. The van der Waals surface area contributed by atoms with E-state index in [1.54, 1.807) is 33.3 Å². The van der Waals surface area contributed by atoms with Crippen LogP contribution < -0.4 is 19.8 Å². The lowest BCUT2D eigenvalue weighted by atomic mass is 9.91. The Bertz CT molecular complexity index is 1620. The number of nitrogens with zero attached hydrogens (tertiary/aromatic N) is 2. The second-order valence-corrected chi connectivity index (χ2v) is 9.51. The molecule has 0 bridgehead atoms. The van der Waals surface area contributed by atoms with Gasteiger partial charge in [0.1, 0.15) is 0 Å². The summed E-state index contributed by atoms with van der Waals surface area (Å²) >= 11 is 6.18. The maximum Gasteiger partial charge on any atom is 0.258 e. The highest BCUT2D eigenvalue weighted by atomic mass is 35.5. The molecule has 0 spiro atoms. The highest BCUT2D eigenvalue weighted by Crippen LogP contribution is 2.44. The van der Waals surface area contributed by atoms with Crippen molar-refractivity contribution in [2.24, 2.45) is 5.10 Å². The van der Waals surface area contributed by atoms with Gasteiger partial charge >= 0.3 is 0 Å². The second-order valence-electron chi connectivity index (χ2n) is 9.07. The Morgan fingerprint density at radius 3 is 2.28 bits per heavy atom. The normalized spacial score (nSPS) is 14.8. The Kier molecular flexibility index (Phi) is 7.30. The van der Waals surface area contributed by atoms with E-state index < -0.39 is 6.04 Å². The number of hydrogen-bond donors (Lipinski definition) is 1. The second kappa shape index (κ2) is 10.8. The Labute approximate surface area is 230 Å². The zero-order valence-electron chi connectivity index (χ0n) is 22.1. The summed E-state index contributed by atoms with van der Waals surface area (Å²) in [5.74, 6) is 1.21. The minimum Gasteiger partial charge on any atom is -0.493 e. The van der Waals surface area contributed by atoms with Crippen LogP contribution in [0.2, 0.25) is 5.02 Å². The number of pyridine rings is 1. The smallest absolute Gasteiger partial charge is 0.258 e. The number of H-pyrrole nitrogens is 1. The molecule has 0 radical (unpaired) electrons. The molecule has 1 aromatic heterocycles. The van der Waals surface area contributed by atoms with Crippen LogP contribution in [0.3, 0.4) is 0 Å². The SMILES string of the molecule is CCC(=O)N1N=C(c2c(-c3ccc(Cl)cc3)c3ccccc3[nH]c2=O)C[C@H]1c1cc(OC)c(OC)c(OC)c1. The van der Waals surface area contributed by atoms with Gasteiger partial charge in [-0.05, 0) is 41.5 Å². The molecule has 1 amide bonds. The van der Waals surface area contributed by atoms with Crippen molar-refractivity contribution < 1.29 is 19.0 Å². The van der Waals surface area contributed by atoms with Crippen LogP contribution in [0, 0.1) is 0 Å². The predicted molar refractivity (Wildman–Crippen MR) is 152 cm³/mol. The summed E-state index contributed by atoms with van der Waals surface area (Å²) in [6.07, 6.45) is 0.558. The Balaban J connectivity index is 1.71. The molecule has 1 aliphatic heterocycles. The highest BCUT2D eigenvalue weighted by molar-refractivity contribution is 6.30. The molecule has 1 atom stereocenters. The lowest BCUT2D eigenvalue weighted by Crippen LogP contribution is -2.26. The van der Waals surface area contributed by atoms with Gasteiger partial charge in [-0.3, -0.25) is 9.59 Å². The van der Waals surface area contributed by atoms with E-state index in [-0.39, 0.29) is 17.9 Å². The summed E-state index contributed by atoms with van der Waals surface area (Å²) in [6, 6.07) is 18.1. The van der Waals surface area contributed by atoms with Crippen LogP contribution >= 0.6 is 11.6 Å². The van der Waals surface area contributed by atoms with E-state index in [1.807, 2.05) is 48.5 Å². The summed E-state index contributed by atoms with van der Waals surface area (Å²) in [7, 11) is 4.62. The van der Waals surface area contributed by atoms with Crippen molar-refractivity contribution in [3.63, 3.8) is 0 Å². The van der Waals surface area contributed by atoms with Crippen LogP contribution in [0.4, 0.5) is 0 Å². The molecule has 200 valence electrons. The van der Waals surface area contributed by atoms with E-state index in [9.17, 15) is 9.59 Å². The molecule has 0 fully saturated rings. The fraction of sp³-hybridized carbons (Fsp3) is 0.233. The first-order valence-corrected chi connectivity index (χ1v) is 12.9. The topological polar surface area (TPSA) is 93.2 Å². The first-order valence-electron chi connectivity index (χ1n) is 12.5. The lowest BCUT2D eigenvalue weighted by molar-refractivity contribution is -0.132. The predicted octanol–water partition coefficient (Wildman–Crippen LogP) is 5.96. The zero-order valence-corrected chi connectivity index (χ0v) is 22.8. The van der Waals surface area contributed by atoms with Gasteiger partial charge in [0.25, 0.3) is 5.56 Å². The van der Waals surface area contributed by atoms with Crippen molar-refractivity contribution in [1.82, 2.24) is 9.99 Å². The summed E-state index contributed by atoms with van der Waals surface area (Å²) < 4.78 is 16.6. The number of methoxy groups -OCH3 is 3. The van der Waals surface area contributed by atoms with Gasteiger partial charge in [-0.1, -0.05) is 48.9 Å². The van der Waals surface area contributed by atoms with E-state index in [0.29, 0.717) is 45.5 Å². The molecule has 4 aromatic rings. The molecule has 1 N–H and O–H groups in total. The number of amides is 1. The van der Waals surface area contributed by atoms with Crippen molar-refractivity contribution in [1.29, 1.82) is 0 Å². The summed E-state index contributed by atoms with van der Waals surface area (Å²) in [5.41, 5.74) is 3.65. The number of rotatable bonds is 7. The van der Waals surface area contributed by atoms with Gasteiger partial charge in [-0.15, -0.1) is 0 Å². The maximum atomic E-state index is 13.6. The zero-order chi connectivity index (χ0) is 27.7. The number of aromatic amines is 1. The molecular formula is C30H28ClN3O5. The van der Waals surface area contributed by atoms with Gasteiger partial charge in [0.05, 0.1) is 38.6 Å². The van der Waals surface area contributed by atoms with Crippen LogP contribution in [0.1, 0.15) is 36.9 Å². The fourth-order valence-electron chi connectivity index (χ4n) is 5.04. The molecule has 8 nitrogen and oxygen atoms in total. The van der Waals surface area contributed by atoms with Gasteiger partial charge in [0.2, 0.25) is 11.7 Å². The van der Waals surface area contributed by atoms with Crippen LogP contribution in [-0.2, 0) is 4.79 Å². The van der Waals surface area contributed by atoms with E-state index in [0.717, 1.165) is 22.1 Å². The lowest BCUT2D eigenvalue weighted by Gasteiger charge is -2.23. The van der Waals surface area contributed by atoms with Crippen LogP contribution in [0.25, 0.3) is 22.0 Å². The minimum absolute atomic E-state index is 0.172. The number of para-hydroxylation sites is 1. The van der Waals surface area contributed by atoms with Gasteiger partial charge in [-0.25, -0.2) is 5.01 Å². The van der Waals surface area contributed by atoms with Crippen molar-refractivity contribution >= 4 is 34.1 Å². The molecule has 5 rings (SSSR count). The first-order chi connectivity index (χ1) is 18.9. The number of ether oxygens (including phenoxy) is 3. The van der Waals surface area contributed by atoms with Crippen LogP contribution in [0.5, 0.6) is 17.2 Å². The summed E-state index contributed by atoms with van der Waals surface area (Å²) in [6.45, 7) is 1.78. The number of halogens is 1. The monoisotopic (exact) mass is 545 g/mol. The third kappa shape index (κ3) is 4.72. The Morgan fingerprint density at radius 1 is 1.00 bits per heavy atom. The number of nitrogens with one attached hydrogen (secondary N) is 1. The van der Waals surface area contributed by atoms with Crippen molar-refractivity contribution in [3.8, 4) is 28.4 Å². The van der Waals surface area contributed by atoms with Crippen LogP contribution in [-0.4, -0.2) is 42.9 Å². The number of benzene rings is 3. The van der Waals surface area contributed by atoms with Crippen LogP contribution in [0.15, 0.2) is 70.6 Å². The molecular weight excluding hydrogens is 518 g/mol. The molecule has 3 aromatic carbocycles. The maximum absolute atomic E-state index is 13.6. The number of fused-ring (bicyclic) bond motifs is 1. The van der Waals surface area contributed by atoms with Gasteiger partial charge in [0.15, 0.2) is 11.5 Å². The molecule has 0 saturated carbocycles. The molecule has 0 aliphatic carbocycles. The number of aromatic nitrogens is 1. The van der Waals surface area contributed by atoms with Crippen molar-refractivity contribution in [2.75, 3.05) is 21.3 Å². The minimum atomic E-state index is -0.481. The molecule has 0 unspecified atom stereocenters. The van der Waals surface area contributed by atoms with Gasteiger partial charge in [0, 0.05) is 34.3 Å². The average molecular weight is 546 g/mol. The van der Waals surface area contributed by atoms with E-state index in [4.69, 9.17) is 30.9 Å². The first kappa shape index (κ1) is 26.3. The fourth-order valence-corrected chi connectivity index (χ4v) is 5.17. The molecule has 0 saturated heterocycles. The summed E-state index contributed by atoms with van der Waals surface area (Å²) in [4.78, 5) is 29.8. The van der Waals surface area contributed by atoms with E-state index >= 15 is 0 Å². The third-order valence-electron chi connectivity index (χ3n) is 6.88. The van der Waals surface area contributed by atoms with Crippen molar-refractivity contribution in [3.05, 3.63) is 87.2 Å². The average Bonchev–Trinajstić information content (AvgIpc) is 3.40. The third-order valence-corrected chi connectivity index (χ3v) is 7.14. The standard InChI is InChI=1S/C30H28ClN3O5/c1-5-26(35)34-23(18-14-24(37-2)29(39-4)25(15-18)38-3)16-22(33-34)28-27(17-10-12-19(31)13-11-17)20-8-6-7-9-21(20)32-30(28)36/h6-15,23H,5,16H2,1-4H3,(H,32,36)/t23-/m0/s1. The van der Waals surface area contributed by atoms with Gasteiger partial charge < -0.3 is 19.2 Å².